The zero-order valence-corrected chi connectivity index (χ0v) is 8.69. The van der Waals surface area contributed by atoms with Crippen molar-refractivity contribution in [3.63, 3.8) is 0 Å². The van der Waals surface area contributed by atoms with E-state index in [1.807, 2.05) is 6.92 Å². The summed E-state index contributed by atoms with van der Waals surface area (Å²) in [6, 6.07) is 8.40. The molecule has 1 aromatic carbocycles. The molecule has 2 atom stereocenters. The van der Waals surface area contributed by atoms with E-state index in [4.69, 9.17) is 9.47 Å². The van der Waals surface area contributed by atoms with Crippen LogP contribution in [0, 0.1) is 0 Å². The lowest BCUT2D eigenvalue weighted by atomic mass is 9.98. The molecule has 2 heteroatoms. The van der Waals surface area contributed by atoms with Gasteiger partial charge < -0.3 is 9.47 Å². The lowest BCUT2D eigenvalue weighted by Crippen LogP contribution is -2.27. The first-order chi connectivity index (χ1) is 6.81. The summed E-state index contributed by atoms with van der Waals surface area (Å²) >= 11 is 0. The van der Waals surface area contributed by atoms with Gasteiger partial charge in [-0.1, -0.05) is 24.3 Å². The molecule has 0 fully saturated rings. The molecule has 14 heavy (non-hydrogen) atoms. The quantitative estimate of drug-likeness (QED) is 0.717. The van der Waals surface area contributed by atoms with E-state index in [1.165, 1.54) is 11.1 Å². The minimum Gasteiger partial charge on any atom is -0.353 e. The van der Waals surface area contributed by atoms with Crippen molar-refractivity contribution in [3.05, 3.63) is 35.4 Å². The van der Waals surface area contributed by atoms with Crippen LogP contribution < -0.4 is 0 Å². The summed E-state index contributed by atoms with van der Waals surface area (Å²) in [5.74, 6) is 0. The van der Waals surface area contributed by atoms with E-state index in [-0.39, 0.29) is 12.4 Å². The fourth-order valence-corrected chi connectivity index (χ4v) is 1.93. The lowest BCUT2D eigenvalue weighted by molar-refractivity contribution is -0.172. The highest BCUT2D eigenvalue weighted by Gasteiger charge is 2.23. The minimum atomic E-state index is -0.0649. The van der Waals surface area contributed by atoms with E-state index in [0.717, 1.165) is 6.42 Å². The van der Waals surface area contributed by atoms with E-state index in [9.17, 15) is 0 Å². The maximum Gasteiger partial charge on any atom is 0.162 e. The van der Waals surface area contributed by atoms with Crippen LogP contribution >= 0.6 is 0 Å². The number of ether oxygens (including phenoxy) is 2. The van der Waals surface area contributed by atoms with Gasteiger partial charge in [-0.25, -0.2) is 0 Å². The predicted octanol–water partition coefficient (Wildman–Crippen LogP) is 2.68. The molecule has 76 valence electrons. The van der Waals surface area contributed by atoms with Crippen LogP contribution in [-0.4, -0.2) is 12.9 Å². The van der Waals surface area contributed by atoms with Crippen LogP contribution in [0.1, 0.15) is 31.1 Å². The van der Waals surface area contributed by atoms with Crippen LogP contribution in [0.5, 0.6) is 0 Å². The Kier molecular flexibility index (Phi) is 2.85. The molecule has 1 aromatic rings. The highest BCUT2D eigenvalue weighted by atomic mass is 16.7. The van der Waals surface area contributed by atoms with Gasteiger partial charge in [0.05, 0.1) is 6.10 Å². The van der Waals surface area contributed by atoms with Crippen LogP contribution in [0.25, 0.3) is 0 Å². The Morgan fingerprint density at radius 2 is 2.21 bits per heavy atom. The Bertz CT molecular complexity index is 309. The molecule has 1 unspecified atom stereocenters. The van der Waals surface area contributed by atoms with Crippen molar-refractivity contribution in [2.45, 2.75) is 32.7 Å². The first-order valence-corrected chi connectivity index (χ1v) is 5.16. The van der Waals surface area contributed by atoms with Gasteiger partial charge in [0, 0.05) is 13.0 Å². The summed E-state index contributed by atoms with van der Waals surface area (Å²) in [5, 5.41) is 0. The molecule has 0 N–H and O–H groups in total. The summed E-state index contributed by atoms with van der Waals surface area (Å²) in [7, 11) is 0. The first-order valence-electron chi connectivity index (χ1n) is 5.16. The van der Waals surface area contributed by atoms with E-state index in [0.29, 0.717) is 6.61 Å². The second-order valence-corrected chi connectivity index (χ2v) is 3.57. The molecule has 1 aliphatic heterocycles. The van der Waals surface area contributed by atoms with Crippen LogP contribution in [0.15, 0.2) is 24.3 Å². The van der Waals surface area contributed by atoms with Gasteiger partial charge in [0.25, 0.3) is 0 Å². The minimum absolute atomic E-state index is 0.0649. The van der Waals surface area contributed by atoms with Crippen molar-refractivity contribution < 1.29 is 9.47 Å². The fraction of sp³-hybridized carbons (Fsp3) is 0.500. The van der Waals surface area contributed by atoms with Crippen molar-refractivity contribution in [2.24, 2.45) is 0 Å². The summed E-state index contributed by atoms with van der Waals surface area (Å²) in [6.07, 6.45) is 0.954. The number of hydrogen-bond acceptors (Lipinski definition) is 2. The molecule has 0 spiro atoms. The SMILES string of the molecule is CCOC1Cc2ccccc2[C@@H](C)O1. The molecule has 0 aromatic heterocycles. The second-order valence-electron chi connectivity index (χ2n) is 3.57. The summed E-state index contributed by atoms with van der Waals surface area (Å²) in [6.45, 7) is 4.78. The first kappa shape index (κ1) is 9.69. The largest absolute Gasteiger partial charge is 0.353 e. The molecule has 1 heterocycles. The number of fused-ring (bicyclic) bond motifs is 1. The molecule has 0 radical (unpaired) electrons. The summed E-state index contributed by atoms with van der Waals surface area (Å²) in [4.78, 5) is 0. The number of rotatable bonds is 2. The highest BCUT2D eigenvalue weighted by Crippen LogP contribution is 2.29. The van der Waals surface area contributed by atoms with E-state index < -0.39 is 0 Å². The van der Waals surface area contributed by atoms with Gasteiger partial charge in [-0.2, -0.15) is 0 Å². The van der Waals surface area contributed by atoms with Gasteiger partial charge in [-0.15, -0.1) is 0 Å². The Morgan fingerprint density at radius 1 is 1.43 bits per heavy atom. The van der Waals surface area contributed by atoms with Gasteiger partial charge in [0.1, 0.15) is 0 Å². The lowest BCUT2D eigenvalue weighted by Gasteiger charge is -2.29. The van der Waals surface area contributed by atoms with Crippen molar-refractivity contribution in [3.8, 4) is 0 Å². The third-order valence-electron chi connectivity index (χ3n) is 2.59. The molecule has 0 saturated heterocycles. The topological polar surface area (TPSA) is 18.5 Å². The van der Waals surface area contributed by atoms with Gasteiger partial charge in [0.15, 0.2) is 6.29 Å². The van der Waals surface area contributed by atoms with Gasteiger partial charge >= 0.3 is 0 Å². The molecule has 0 bridgehead atoms. The van der Waals surface area contributed by atoms with E-state index in [2.05, 4.69) is 31.2 Å². The maximum atomic E-state index is 5.73. The fourth-order valence-electron chi connectivity index (χ4n) is 1.93. The monoisotopic (exact) mass is 192 g/mol. The molecule has 1 aliphatic rings. The standard InChI is InChI=1S/C12H16O2/c1-3-13-12-8-10-6-4-5-7-11(10)9(2)14-12/h4-7,9,12H,3,8H2,1-2H3/t9-,12?/m1/s1. The molecule has 0 aliphatic carbocycles. The van der Waals surface area contributed by atoms with Crippen LogP contribution in [0.4, 0.5) is 0 Å². The van der Waals surface area contributed by atoms with Crippen LogP contribution in [0.2, 0.25) is 0 Å². The molecular weight excluding hydrogens is 176 g/mol. The normalized spacial score (nSPS) is 25.9. The molecular formula is C12H16O2. The summed E-state index contributed by atoms with van der Waals surface area (Å²) < 4.78 is 11.2. The second kappa shape index (κ2) is 4.11. The third-order valence-corrected chi connectivity index (χ3v) is 2.59. The van der Waals surface area contributed by atoms with E-state index in [1.54, 1.807) is 0 Å². The molecule has 0 amide bonds. The van der Waals surface area contributed by atoms with Gasteiger partial charge in [-0.3, -0.25) is 0 Å². The number of hydrogen-bond donors (Lipinski definition) is 0. The average Bonchev–Trinajstić information content (AvgIpc) is 2.18. The van der Waals surface area contributed by atoms with E-state index >= 15 is 0 Å². The summed E-state index contributed by atoms with van der Waals surface area (Å²) in [5.41, 5.74) is 2.65. The Hall–Kier alpha value is -0.860. The molecule has 2 nitrogen and oxygen atoms in total. The smallest absolute Gasteiger partial charge is 0.162 e. The highest BCUT2D eigenvalue weighted by molar-refractivity contribution is 5.30. The van der Waals surface area contributed by atoms with Crippen LogP contribution in [0.3, 0.4) is 0 Å². The van der Waals surface area contributed by atoms with Gasteiger partial charge in [-0.05, 0) is 25.0 Å². The predicted molar refractivity (Wildman–Crippen MR) is 55.1 cm³/mol. The number of benzene rings is 1. The van der Waals surface area contributed by atoms with Crippen LogP contribution in [-0.2, 0) is 15.9 Å². The maximum absolute atomic E-state index is 5.73. The van der Waals surface area contributed by atoms with Crippen molar-refractivity contribution in [1.29, 1.82) is 0 Å². The zero-order chi connectivity index (χ0) is 9.97. The van der Waals surface area contributed by atoms with Crippen molar-refractivity contribution >= 4 is 0 Å². The Labute approximate surface area is 84.8 Å². The average molecular weight is 192 g/mol. The van der Waals surface area contributed by atoms with Crippen molar-refractivity contribution in [2.75, 3.05) is 6.61 Å². The molecule has 2 rings (SSSR count). The Morgan fingerprint density at radius 3 is 3.00 bits per heavy atom. The van der Waals surface area contributed by atoms with Crippen molar-refractivity contribution in [1.82, 2.24) is 0 Å². The molecule has 0 saturated carbocycles. The zero-order valence-electron chi connectivity index (χ0n) is 8.69. The Balaban J connectivity index is 2.20. The van der Waals surface area contributed by atoms with Gasteiger partial charge in [0.2, 0.25) is 0 Å². The third kappa shape index (κ3) is 1.81.